The van der Waals surface area contributed by atoms with Crippen LogP contribution in [0.4, 0.5) is 29.9 Å². The van der Waals surface area contributed by atoms with E-state index in [2.05, 4.69) is 26.3 Å². The number of halogens is 2. The number of rotatable bonds is 27. The smallest absolute Gasteiger partial charge is 0.410 e. The number of anilines is 2. The van der Waals surface area contributed by atoms with Crippen LogP contribution in [0.3, 0.4) is 0 Å². The molecule has 9 amide bonds. The monoisotopic (exact) mass is 1170 g/mol. The van der Waals surface area contributed by atoms with Gasteiger partial charge in [0.25, 0.3) is 17.7 Å². The van der Waals surface area contributed by atoms with Crippen molar-refractivity contribution in [2.45, 2.75) is 123 Å². The molecule has 9 N–H and O–H groups in total. The summed E-state index contributed by atoms with van der Waals surface area (Å²) in [6.45, 7) is 6.92. The summed E-state index contributed by atoms with van der Waals surface area (Å²) in [5.41, 5.74) is 14.0. The number of aliphatic hydroxyl groups excluding tert-OH is 1. The van der Waals surface area contributed by atoms with E-state index in [-0.39, 0.29) is 100 Å². The number of likely N-dealkylation sites (tertiary alicyclic amines) is 1. The van der Waals surface area contributed by atoms with E-state index < -0.39 is 77.9 Å². The number of nitrogens with one attached hydrogen (secondary N) is 4. The Morgan fingerprint density at radius 1 is 0.905 bits per heavy atom. The van der Waals surface area contributed by atoms with Gasteiger partial charge in [0.05, 0.1) is 30.5 Å². The molecule has 0 radical (unpaired) electrons. The van der Waals surface area contributed by atoms with Crippen LogP contribution in [0.25, 0.3) is 11.3 Å². The SMILES string of the molecule is Cc1ccc(F)c(-c2cn(Cc3cccc(N)n3)c(C(C3CCOCC3)N(CC3CN(C(=O)OCc4ccc(NC(=O)C(CCCNC(N)=O)NC(=O)C(NC(=O)CCCCCN5C(=O)C=CC5=O)C(C)C)cc4)CC3F)C(=O)C(C)O)n2)c1. The minimum absolute atomic E-state index is 0.0800. The maximum Gasteiger partial charge on any atom is 0.410 e. The van der Waals surface area contributed by atoms with Gasteiger partial charge in [-0.2, -0.15) is 0 Å². The van der Waals surface area contributed by atoms with Gasteiger partial charge in [0.2, 0.25) is 17.7 Å². The van der Waals surface area contributed by atoms with Gasteiger partial charge in [-0.1, -0.05) is 50.1 Å². The number of alkyl halides is 1. The largest absolute Gasteiger partial charge is 0.445 e. The maximum atomic E-state index is 16.4. The van der Waals surface area contributed by atoms with Gasteiger partial charge in [-0.05, 0) is 106 Å². The van der Waals surface area contributed by atoms with Crippen LogP contribution in [0.5, 0.6) is 0 Å². The molecule has 0 spiro atoms. The number of amides is 9. The Morgan fingerprint density at radius 2 is 1.63 bits per heavy atom. The van der Waals surface area contributed by atoms with Crippen molar-refractivity contribution in [2.75, 3.05) is 57.0 Å². The number of primary amides is 1. The number of pyridine rings is 1. The third-order valence-corrected chi connectivity index (χ3v) is 15.0. The molecule has 0 aliphatic carbocycles. The van der Waals surface area contributed by atoms with Crippen LogP contribution in [0.2, 0.25) is 0 Å². The van der Waals surface area contributed by atoms with Gasteiger partial charge in [-0.25, -0.2) is 28.3 Å². The number of nitrogens with two attached hydrogens (primary N) is 2. The number of urea groups is 1. The molecule has 84 heavy (non-hydrogen) atoms. The Kier molecular flexibility index (Phi) is 22.4. The number of aromatic nitrogens is 3. The van der Waals surface area contributed by atoms with E-state index >= 15 is 8.78 Å². The molecule has 2 aromatic heterocycles. The normalized spacial score (nSPS) is 17.6. The third kappa shape index (κ3) is 17.4. The summed E-state index contributed by atoms with van der Waals surface area (Å²) in [4.78, 5) is 117. The van der Waals surface area contributed by atoms with Gasteiger partial charge in [-0.15, -0.1) is 0 Å². The number of carbonyl (C=O) groups excluding carboxylic acids is 8. The van der Waals surface area contributed by atoms with Gasteiger partial charge in [-0.3, -0.25) is 33.7 Å². The van der Waals surface area contributed by atoms with Gasteiger partial charge >= 0.3 is 12.1 Å². The van der Waals surface area contributed by atoms with Gasteiger partial charge in [0, 0.05) is 81.3 Å². The fourth-order valence-electron chi connectivity index (χ4n) is 10.5. The highest BCUT2D eigenvalue weighted by atomic mass is 19.1. The van der Waals surface area contributed by atoms with Crippen LogP contribution in [-0.4, -0.2) is 152 Å². The standard InChI is InChI=1S/C59H76F2N12O11/c1-35(2)52(69-49(75)13-6-5-7-25-72-50(76)20-21-51(72)77)56(79)68-46(11-9-24-64-58(63)81)55(78)66-41-17-15-38(16-18-41)34-84-59(82)71-29-40(45(61)32-71)30-73(57(80)37(4)74)53(39-22-26-83-27-23-39)54-67-47(43-28-36(3)14-19-44(43)60)33-70(54)31-42-10-8-12-48(62)65-42/h8,10,12,14-21,28,33,35,37,39-40,45-46,52-53,74H,5-7,9,11,13,22-27,29-32,34H2,1-4H3,(H2,62,65)(H,66,78)(H,68,79)(H,69,75)(H3,63,64,81). The average molecular weight is 1170 g/mol. The summed E-state index contributed by atoms with van der Waals surface area (Å²) in [6, 6.07) is 12.4. The van der Waals surface area contributed by atoms with Crippen LogP contribution < -0.4 is 32.7 Å². The minimum atomic E-state index is -1.61. The first kappa shape index (κ1) is 63.3. The number of ether oxygens (including phenoxy) is 2. The molecule has 3 aliphatic rings. The Labute approximate surface area is 486 Å². The molecule has 25 heteroatoms. The van der Waals surface area contributed by atoms with Crippen molar-refractivity contribution in [1.29, 1.82) is 0 Å². The molecule has 2 fully saturated rings. The topological polar surface area (TPSA) is 316 Å². The molecular formula is C59H76F2N12O11. The minimum Gasteiger partial charge on any atom is -0.445 e. The summed E-state index contributed by atoms with van der Waals surface area (Å²) in [7, 11) is 0. The van der Waals surface area contributed by atoms with Crippen molar-refractivity contribution in [1.82, 2.24) is 45.2 Å². The van der Waals surface area contributed by atoms with Crippen molar-refractivity contribution in [3.63, 3.8) is 0 Å². The van der Waals surface area contributed by atoms with Crippen LogP contribution in [-0.2, 0) is 51.4 Å². The number of benzene rings is 2. The molecule has 0 bridgehead atoms. The summed E-state index contributed by atoms with van der Waals surface area (Å²) in [5, 5.41) is 21.7. The fourth-order valence-corrected chi connectivity index (χ4v) is 10.5. The second-order valence-corrected chi connectivity index (χ2v) is 21.9. The summed E-state index contributed by atoms with van der Waals surface area (Å²) in [6.07, 6.45) is 3.07. The van der Waals surface area contributed by atoms with Crippen LogP contribution in [0, 0.1) is 30.5 Å². The van der Waals surface area contributed by atoms with Crippen LogP contribution >= 0.6 is 0 Å². The van der Waals surface area contributed by atoms with E-state index in [1.165, 1.54) is 34.9 Å². The number of nitrogens with zero attached hydrogens (tertiary/aromatic N) is 6. The first-order valence-electron chi connectivity index (χ1n) is 28.4. The van der Waals surface area contributed by atoms with Crippen LogP contribution in [0.1, 0.15) is 101 Å². The first-order valence-corrected chi connectivity index (χ1v) is 28.4. The van der Waals surface area contributed by atoms with Gasteiger partial charge < -0.3 is 61.7 Å². The Hall–Kier alpha value is -8.32. The Balaban J connectivity index is 0.983. The van der Waals surface area contributed by atoms with E-state index in [1.54, 1.807) is 79.2 Å². The Morgan fingerprint density at radius 3 is 2.31 bits per heavy atom. The zero-order chi connectivity index (χ0) is 60.6. The molecule has 2 aromatic carbocycles. The van der Waals surface area contributed by atoms with Gasteiger partial charge in [0.15, 0.2) is 0 Å². The number of aliphatic hydroxyl groups is 1. The van der Waals surface area contributed by atoms with Crippen LogP contribution in [0.15, 0.2) is 79.0 Å². The maximum absolute atomic E-state index is 16.4. The summed E-state index contributed by atoms with van der Waals surface area (Å²) >= 11 is 0. The van der Waals surface area contributed by atoms with E-state index in [9.17, 15) is 43.5 Å². The molecule has 452 valence electrons. The zero-order valence-electron chi connectivity index (χ0n) is 47.8. The fraction of sp³-hybridized carbons (Fsp3) is 0.492. The lowest BCUT2D eigenvalue weighted by atomic mass is 9.88. The number of hydrogen-bond acceptors (Lipinski definition) is 14. The average Bonchev–Trinajstić information content (AvgIpc) is 2.67. The molecule has 4 aromatic rings. The lowest BCUT2D eigenvalue weighted by molar-refractivity contribution is -0.145. The number of imidazole rings is 1. The lowest BCUT2D eigenvalue weighted by Gasteiger charge is -2.40. The highest BCUT2D eigenvalue weighted by molar-refractivity contribution is 6.12. The molecule has 6 atom stereocenters. The van der Waals surface area contributed by atoms with Gasteiger partial charge in [0.1, 0.15) is 48.4 Å². The molecule has 3 aliphatic heterocycles. The predicted octanol–water partition coefficient (Wildman–Crippen LogP) is 4.80. The predicted molar refractivity (Wildman–Crippen MR) is 305 cm³/mol. The quantitative estimate of drug-likeness (QED) is 0.0312. The Bertz CT molecular complexity index is 3010. The molecule has 0 saturated carbocycles. The highest BCUT2D eigenvalue weighted by Gasteiger charge is 2.44. The molecule has 7 rings (SSSR count). The molecular weight excluding hydrogens is 1090 g/mol. The second-order valence-electron chi connectivity index (χ2n) is 21.9. The first-order chi connectivity index (χ1) is 40.1. The van der Waals surface area contributed by atoms with Crippen molar-refractivity contribution < 1.29 is 61.7 Å². The lowest BCUT2D eigenvalue weighted by Crippen LogP contribution is -2.54. The summed E-state index contributed by atoms with van der Waals surface area (Å²) < 4.78 is 45.1. The number of unbranched alkanes of at least 4 members (excludes halogenated alkanes) is 2. The number of imide groups is 1. The molecule has 5 heterocycles. The van der Waals surface area contributed by atoms with Crippen molar-refractivity contribution in [3.05, 3.63) is 107 Å². The second kappa shape index (κ2) is 29.8. The van der Waals surface area contributed by atoms with E-state index in [1.807, 2.05) is 6.92 Å². The van der Waals surface area contributed by atoms with Crippen molar-refractivity contribution >= 4 is 59.1 Å². The van der Waals surface area contributed by atoms with E-state index in [0.29, 0.717) is 73.8 Å². The van der Waals surface area contributed by atoms with E-state index in [0.717, 1.165) is 10.5 Å². The molecule has 6 unspecified atom stereocenters. The highest BCUT2D eigenvalue weighted by Crippen LogP contribution is 2.39. The molecule has 23 nitrogen and oxygen atoms in total. The van der Waals surface area contributed by atoms with Crippen molar-refractivity contribution in [3.8, 4) is 11.3 Å². The molecule has 2 saturated heterocycles. The number of aryl methyl sites for hydroxylation is 1. The zero-order valence-corrected chi connectivity index (χ0v) is 47.8. The number of hydrogen-bond donors (Lipinski definition) is 7. The van der Waals surface area contributed by atoms with Crippen molar-refractivity contribution in [2.24, 2.45) is 23.5 Å². The number of nitrogen functional groups attached to an aromatic ring is 1. The number of carbonyl (C=O) groups is 8. The summed E-state index contributed by atoms with van der Waals surface area (Å²) in [5.74, 6) is -4.50. The third-order valence-electron chi connectivity index (χ3n) is 15.0. The van der Waals surface area contributed by atoms with E-state index in [4.69, 9.17) is 25.9 Å².